The average molecular weight is 472 g/mol. The average Bonchev–Trinajstić information content (AvgIpc) is 3.15. The molecule has 1 saturated heterocycles. The van der Waals surface area contributed by atoms with Crippen LogP contribution in [0.1, 0.15) is 29.9 Å². The van der Waals surface area contributed by atoms with E-state index < -0.39 is 16.1 Å². The van der Waals surface area contributed by atoms with E-state index in [-0.39, 0.29) is 10.7 Å². The lowest BCUT2D eigenvalue weighted by atomic mass is 10.0. The van der Waals surface area contributed by atoms with Crippen LogP contribution in [0.3, 0.4) is 0 Å². The molecule has 0 saturated carbocycles. The topological polar surface area (TPSA) is 101 Å². The number of sulfonamides is 1. The molecule has 0 aliphatic carbocycles. The Morgan fingerprint density at radius 3 is 2.67 bits per heavy atom. The molecule has 4 rings (SSSR count). The Bertz CT molecular complexity index is 1260. The highest BCUT2D eigenvalue weighted by Crippen LogP contribution is 2.31. The number of rotatable bonds is 8. The predicted molar refractivity (Wildman–Crippen MR) is 128 cm³/mol. The number of morpholine rings is 1. The number of hydrogen-bond donors (Lipinski definition) is 2. The Morgan fingerprint density at radius 1 is 1.21 bits per heavy atom. The van der Waals surface area contributed by atoms with Crippen LogP contribution in [0.2, 0.25) is 0 Å². The van der Waals surface area contributed by atoms with E-state index in [9.17, 15) is 13.2 Å². The van der Waals surface area contributed by atoms with Gasteiger partial charge in [-0.1, -0.05) is 18.2 Å². The fourth-order valence-corrected chi connectivity index (χ4v) is 5.69. The second-order valence-corrected chi connectivity index (χ2v) is 9.92. The van der Waals surface area contributed by atoms with Crippen molar-refractivity contribution in [2.75, 3.05) is 38.2 Å². The standard InChI is InChI=1S/C24H29N3O5S/c1-4-32-21-10-9-18(15-22(21)33(29,30)27-11-13-31-14-12-27)25-17(3)24(28)23-16(2)26-20-8-6-5-7-19(20)23/h5-10,15,17,25-26H,4,11-14H2,1-3H3/t17-/m0/s1. The molecular weight excluding hydrogens is 442 g/mol. The van der Waals surface area contributed by atoms with E-state index in [4.69, 9.17) is 9.47 Å². The molecule has 0 spiro atoms. The molecule has 33 heavy (non-hydrogen) atoms. The van der Waals surface area contributed by atoms with E-state index in [0.717, 1.165) is 16.6 Å². The maximum atomic E-state index is 13.3. The van der Waals surface area contributed by atoms with Crippen molar-refractivity contribution in [3.05, 3.63) is 53.7 Å². The Kier molecular flexibility index (Phi) is 6.73. The number of hydrogen-bond acceptors (Lipinski definition) is 6. The molecule has 1 aliphatic heterocycles. The minimum absolute atomic E-state index is 0.0728. The largest absolute Gasteiger partial charge is 0.492 e. The summed E-state index contributed by atoms with van der Waals surface area (Å²) in [4.78, 5) is 16.6. The van der Waals surface area contributed by atoms with Crippen LogP contribution in [0.15, 0.2) is 47.4 Å². The fraction of sp³-hybridized carbons (Fsp3) is 0.375. The van der Waals surface area contributed by atoms with Crippen molar-refractivity contribution in [1.82, 2.24) is 9.29 Å². The van der Waals surface area contributed by atoms with Crippen LogP contribution in [0.25, 0.3) is 10.9 Å². The summed E-state index contributed by atoms with van der Waals surface area (Å²) in [5.41, 5.74) is 2.88. The molecule has 176 valence electrons. The minimum atomic E-state index is -3.77. The highest BCUT2D eigenvalue weighted by Gasteiger charge is 2.30. The summed E-state index contributed by atoms with van der Waals surface area (Å²) in [6, 6.07) is 12.0. The first-order chi connectivity index (χ1) is 15.8. The number of nitrogens with one attached hydrogen (secondary N) is 2. The van der Waals surface area contributed by atoms with E-state index in [1.807, 2.05) is 38.1 Å². The molecule has 0 unspecified atom stereocenters. The zero-order chi connectivity index (χ0) is 23.6. The minimum Gasteiger partial charge on any atom is -0.492 e. The Morgan fingerprint density at radius 2 is 1.94 bits per heavy atom. The summed E-state index contributed by atoms with van der Waals surface area (Å²) in [6.07, 6.45) is 0. The third kappa shape index (κ3) is 4.62. The zero-order valence-electron chi connectivity index (χ0n) is 19.1. The summed E-state index contributed by atoms with van der Waals surface area (Å²) in [6.45, 7) is 7.10. The first-order valence-corrected chi connectivity index (χ1v) is 12.5. The quantitative estimate of drug-likeness (QED) is 0.487. The zero-order valence-corrected chi connectivity index (χ0v) is 19.9. The highest BCUT2D eigenvalue weighted by molar-refractivity contribution is 7.89. The van der Waals surface area contributed by atoms with Crippen LogP contribution in [0.4, 0.5) is 5.69 Å². The fourth-order valence-electron chi connectivity index (χ4n) is 4.13. The molecule has 0 amide bonds. The van der Waals surface area contributed by atoms with E-state index >= 15 is 0 Å². The molecule has 3 aromatic rings. The van der Waals surface area contributed by atoms with Crippen LogP contribution in [-0.4, -0.2) is 62.4 Å². The van der Waals surface area contributed by atoms with E-state index in [1.165, 1.54) is 4.31 Å². The number of carbonyl (C=O) groups excluding carboxylic acids is 1. The number of ether oxygens (including phenoxy) is 2. The normalized spacial score (nSPS) is 16.0. The summed E-state index contributed by atoms with van der Waals surface area (Å²) in [5.74, 6) is 0.220. The van der Waals surface area contributed by atoms with Crippen molar-refractivity contribution < 1.29 is 22.7 Å². The van der Waals surface area contributed by atoms with Crippen LogP contribution < -0.4 is 10.1 Å². The van der Waals surface area contributed by atoms with Gasteiger partial charge in [-0.3, -0.25) is 4.79 Å². The number of benzene rings is 2. The van der Waals surface area contributed by atoms with Gasteiger partial charge in [-0.15, -0.1) is 0 Å². The molecule has 0 radical (unpaired) electrons. The van der Waals surface area contributed by atoms with Crippen molar-refractivity contribution in [1.29, 1.82) is 0 Å². The second kappa shape index (κ2) is 9.54. The van der Waals surface area contributed by atoms with Gasteiger partial charge in [0.1, 0.15) is 10.6 Å². The van der Waals surface area contributed by atoms with Crippen molar-refractivity contribution in [3.8, 4) is 5.75 Å². The number of anilines is 1. The van der Waals surface area contributed by atoms with Gasteiger partial charge >= 0.3 is 0 Å². The molecule has 8 nitrogen and oxygen atoms in total. The lowest BCUT2D eigenvalue weighted by Crippen LogP contribution is -2.40. The Hall–Kier alpha value is -2.88. The number of fused-ring (bicyclic) bond motifs is 1. The number of nitrogens with zero attached hydrogens (tertiary/aromatic N) is 1. The van der Waals surface area contributed by atoms with Crippen molar-refractivity contribution in [2.24, 2.45) is 0 Å². The molecule has 1 fully saturated rings. The molecule has 0 bridgehead atoms. The van der Waals surface area contributed by atoms with Gasteiger partial charge in [-0.25, -0.2) is 8.42 Å². The molecular formula is C24H29N3O5S. The molecule has 1 aliphatic rings. The molecule has 1 atom stereocenters. The van der Waals surface area contributed by atoms with Crippen LogP contribution >= 0.6 is 0 Å². The molecule has 2 aromatic carbocycles. The van der Waals surface area contributed by atoms with Gasteiger partial charge in [0, 0.05) is 40.9 Å². The van der Waals surface area contributed by atoms with Crippen molar-refractivity contribution in [3.63, 3.8) is 0 Å². The van der Waals surface area contributed by atoms with Crippen LogP contribution in [0.5, 0.6) is 5.75 Å². The number of Topliss-reactive ketones (excluding diaryl/α,β-unsaturated/α-hetero) is 1. The van der Waals surface area contributed by atoms with E-state index in [1.54, 1.807) is 25.1 Å². The molecule has 2 heterocycles. The third-order valence-electron chi connectivity index (χ3n) is 5.75. The first kappa shape index (κ1) is 23.3. The number of aryl methyl sites for hydroxylation is 1. The number of carbonyl (C=O) groups is 1. The van der Waals surface area contributed by atoms with Gasteiger partial charge in [-0.05, 0) is 45.0 Å². The monoisotopic (exact) mass is 471 g/mol. The van der Waals surface area contributed by atoms with Gasteiger partial charge in [0.05, 0.1) is 25.9 Å². The Labute approximate surface area is 193 Å². The number of H-pyrrole nitrogens is 1. The maximum Gasteiger partial charge on any atom is 0.246 e. The Balaban J connectivity index is 1.63. The molecule has 2 N–H and O–H groups in total. The van der Waals surface area contributed by atoms with Gasteiger partial charge in [0.2, 0.25) is 10.0 Å². The molecule has 9 heteroatoms. The molecule has 1 aromatic heterocycles. The summed E-state index contributed by atoms with van der Waals surface area (Å²) < 4.78 is 39.0. The van der Waals surface area contributed by atoms with Crippen molar-refractivity contribution >= 4 is 32.4 Å². The summed E-state index contributed by atoms with van der Waals surface area (Å²) >= 11 is 0. The first-order valence-electron chi connectivity index (χ1n) is 11.1. The highest BCUT2D eigenvalue weighted by atomic mass is 32.2. The van der Waals surface area contributed by atoms with Gasteiger partial charge in [0.15, 0.2) is 5.78 Å². The number of aromatic amines is 1. The van der Waals surface area contributed by atoms with E-state index in [0.29, 0.717) is 49.9 Å². The number of para-hydroxylation sites is 1. The lowest BCUT2D eigenvalue weighted by Gasteiger charge is -2.27. The van der Waals surface area contributed by atoms with Gasteiger partial charge in [0.25, 0.3) is 0 Å². The smallest absolute Gasteiger partial charge is 0.246 e. The van der Waals surface area contributed by atoms with Crippen LogP contribution in [0, 0.1) is 6.92 Å². The van der Waals surface area contributed by atoms with E-state index in [2.05, 4.69) is 10.3 Å². The third-order valence-corrected chi connectivity index (χ3v) is 7.67. The SMILES string of the molecule is CCOc1ccc(N[C@@H](C)C(=O)c2c(C)[nH]c3ccccc23)cc1S(=O)(=O)N1CCOCC1. The van der Waals surface area contributed by atoms with Gasteiger partial charge in [-0.2, -0.15) is 4.31 Å². The maximum absolute atomic E-state index is 13.3. The summed E-state index contributed by atoms with van der Waals surface area (Å²) in [7, 11) is -3.77. The number of ketones is 1. The number of aromatic nitrogens is 1. The van der Waals surface area contributed by atoms with Gasteiger partial charge < -0.3 is 19.8 Å². The summed E-state index contributed by atoms with van der Waals surface area (Å²) in [5, 5.41) is 4.05. The predicted octanol–water partition coefficient (Wildman–Crippen LogP) is 3.58. The van der Waals surface area contributed by atoms with Crippen LogP contribution in [-0.2, 0) is 14.8 Å². The second-order valence-electron chi connectivity index (χ2n) is 8.01. The van der Waals surface area contributed by atoms with Crippen molar-refractivity contribution in [2.45, 2.75) is 31.7 Å². The lowest BCUT2D eigenvalue weighted by molar-refractivity contribution is 0.0729.